The van der Waals surface area contributed by atoms with Crippen LogP contribution < -0.4 is 15.9 Å². The van der Waals surface area contributed by atoms with Crippen molar-refractivity contribution in [1.82, 2.24) is 4.98 Å². The second kappa shape index (κ2) is 5.39. The van der Waals surface area contributed by atoms with Gasteiger partial charge in [-0.25, -0.2) is 4.98 Å². The summed E-state index contributed by atoms with van der Waals surface area (Å²) in [6.07, 6.45) is 0.826. The van der Waals surface area contributed by atoms with Gasteiger partial charge < -0.3 is 10.5 Å². The van der Waals surface area contributed by atoms with E-state index in [1.165, 1.54) is 5.46 Å². The van der Waals surface area contributed by atoms with Crippen LogP contribution in [0.1, 0.15) is 5.69 Å². The molecule has 0 radical (unpaired) electrons. The number of ether oxygens (including phenoxy) is 1. The van der Waals surface area contributed by atoms with Crippen LogP contribution in [0.4, 0.5) is 5.69 Å². The van der Waals surface area contributed by atoms with Gasteiger partial charge in [0.25, 0.3) is 0 Å². The van der Waals surface area contributed by atoms with E-state index in [1.807, 2.05) is 24.3 Å². The van der Waals surface area contributed by atoms with Crippen LogP contribution in [0.3, 0.4) is 0 Å². The van der Waals surface area contributed by atoms with Crippen LogP contribution in [0.25, 0.3) is 0 Å². The predicted molar refractivity (Wildman–Crippen MR) is 72.1 cm³/mol. The Labute approximate surface area is 102 Å². The maximum Gasteiger partial charge on any atom is 0.213 e. The lowest BCUT2D eigenvalue weighted by Gasteiger charge is -2.06. The van der Waals surface area contributed by atoms with Gasteiger partial charge in [-0.1, -0.05) is 35.8 Å². The molecule has 1 aromatic carbocycles. The molecule has 1 aromatic heterocycles. The van der Waals surface area contributed by atoms with Crippen LogP contribution in [0.5, 0.6) is 5.88 Å². The van der Waals surface area contributed by atoms with Crippen molar-refractivity contribution in [3.05, 3.63) is 48.2 Å². The minimum atomic E-state index is 0.613. The van der Waals surface area contributed by atoms with Gasteiger partial charge in [0.05, 0.1) is 18.5 Å². The topological polar surface area (TPSA) is 48.1 Å². The number of rotatable bonds is 4. The fourth-order valence-corrected chi connectivity index (χ4v) is 1.71. The van der Waals surface area contributed by atoms with Crippen LogP contribution in [-0.2, 0) is 6.32 Å². The quantitative estimate of drug-likeness (QED) is 0.789. The van der Waals surface area contributed by atoms with E-state index in [9.17, 15) is 0 Å². The molecule has 0 spiro atoms. The molecular formula is C13H15BN2O. The average Bonchev–Trinajstić information content (AvgIpc) is 2.39. The molecule has 2 aromatic rings. The third-order valence-corrected chi connectivity index (χ3v) is 2.69. The van der Waals surface area contributed by atoms with Crippen molar-refractivity contribution in [3.8, 4) is 5.88 Å². The Morgan fingerprint density at radius 2 is 1.94 bits per heavy atom. The van der Waals surface area contributed by atoms with E-state index in [-0.39, 0.29) is 0 Å². The highest BCUT2D eigenvalue weighted by Gasteiger charge is 2.05. The summed E-state index contributed by atoms with van der Waals surface area (Å²) in [5.41, 5.74) is 8.80. The Morgan fingerprint density at radius 3 is 2.65 bits per heavy atom. The standard InChI is InChI=1S/C13H15BN2O/c1-17-13-8-7-11(15)12(16-13)9-14-10-5-3-2-4-6-10/h2-8,14H,9,15H2,1H3. The Hall–Kier alpha value is -1.97. The highest BCUT2D eigenvalue weighted by molar-refractivity contribution is 6.52. The van der Waals surface area contributed by atoms with Crippen LogP contribution in [-0.4, -0.2) is 19.4 Å². The minimum absolute atomic E-state index is 0.613. The third-order valence-electron chi connectivity index (χ3n) is 2.69. The zero-order valence-electron chi connectivity index (χ0n) is 9.89. The maximum absolute atomic E-state index is 5.89. The monoisotopic (exact) mass is 226 g/mol. The first-order valence-corrected chi connectivity index (χ1v) is 5.63. The Morgan fingerprint density at radius 1 is 1.18 bits per heavy atom. The second-order valence-corrected chi connectivity index (χ2v) is 3.88. The van der Waals surface area contributed by atoms with Crippen molar-refractivity contribution in [2.24, 2.45) is 0 Å². The molecule has 0 aliphatic carbocycles. The lowest BCUT2D eigenvalue weighted by molar-refractivity contribution is 0.397. The number of nitrogen functional groups attached to an aromatic ring is 1. The van der Waals surface area contributed by atoms with Crippen molar-refractivity contribution in [2.45, 2.75) is 6.32 Å². The van der Waals surface area contributed by atoms with E-state index in [0.29, 0.717) is 5.88 Å². The number of nitrogens with zero attached hydrogens (tertiary/aromatic N) is 1. The van der Waals surface area contributed by atoms with E-state index in [4.69, 9.17) is 10.5 Å². The molecular weight excluding hydrogens is 211 g/mol. The number of hydrogen-bond acceptors (Lipinski definition) is 3. The molecule has 17 heavy (non-hydrogen) atoms. The number of anilines is 1. The smallest absolute Gasteiger partial charge is 0.213 e. The summed E-state index contributed by atoms with van der Waals surface area (Å²) >= 11 is 0. The SMILES string of the molecule is COc1ccc(N)c(CBc2ccccc2)n1. The lowest BCUT2D eigenvalue weighted by atomic mass is 9.66. The zero-order valence-corrected chi connectivity index (χ0v) is 9.89. The Bertz CT molecular complexity index is 488. The fourth-order valence-electron chi connectivity index (χ4n) is 1.71. The second-order valence-electron chi connectivity index (χ2n) is 3.88. The normalized spacial score (nSPS) is 9.94. The maximum atomic E-state index is 5.89. The summed E-state index contributed by atoms with van der Waals surface area (Å²) in [6.45, 7) is 0. The molecule has 0 saturated heterocycles. The molecule has 2 N–H and O–H groups in total. The van der Waals surface area contributed by atoms with E-state index in [0.717, 1.165) is 25.0 Å². The Kier molecular flexibility index (Phi) is 3.65. The fraction of sp³-hybridized carbons (Fsp3) is 0.154. The molecule has 3 nitrogen and oxygen atoms in total. The van der Waals surface area contributed by atoms with Crippen LogP contribution in [0, 0.1) is 0 Å². The first-order chi connectivity index (χ1) is 8.29. The molecule has 1 heterocycles. The van der Waals surface area contributed by atoms with Crippen molar-refractivity contribution in [1.29, 1.82) is 0 Å². The van der Waals surface area contributed by atoms with Crippen molar-refractivity contribution in [2.75, 3.05) is 12.8 Å². The van der Waals surface area contributed by atoms with Gasteiger partial charge in [0.1, 0.15) is 0 Å². The number of pyridine rings is 1. The molecule has 0 unspecified atom stereocenters. The minimum Gasteiger partial charge on any atom is -0.481 e. The summed E-state index contributed by atoms with van der Waals surface area (Å²) in [5, 5.41) is 0. The van der Waals surface area contributed by atoms with Crippen LogP contribution >= 0.6 is 0 Å². The molecule has 0 aliphatic heterocycles. The van der Waals surface area contributed by atoms with Crippen molar-refractivity contribution in [3.63, 3.8) is 0 Å². The van der Waals surface area contributed by atoms with Crippen LogP contribution in [0.15, 0.2) is 42.5 Å². The van der Waals surface area contributed by atoms with E-state index in [2.05, 4.69) is 17.1 Å². The lowest BCUT2D eigenvalue weighted by Crippen LogP contribution is -2.17. The summed E-state index contributed by atoms with van der Waals surface area (Å²) in [5.74, 6) is 0.613. The van der Waals surface area contributed by atoms with Crippen molar-refractivity contribution < 1.29 is 4.74 Å². The Balaban J connectivity index is 2.08. The molecule has 0 bridgehead atoms. The van der Waals surface area contributed by atoms with Gasteiger partial charge in [-0.15, -0.1) is 0 Å². The molecule has 0 fully saturated rings. The highest BCUT2D eigenvalue weighted by Crippen LogP contribution is 2.14. The number of methoxy groups -OCH3 is 1. The van der Waals surface area contributed by atoms with Crippen molar-refractivity contribution >= 4 is 18.4 Å². The van der Waals surface area contributed by atoms with Gasteiger partial charge in [0, 0.05) is 6.07 Å². The summed E-state index contributed by atoms with van der Waals surface area (Å²) in [4.78, 5) is 4.36. The molecule has 0 atom stereocenters. The number of benzene rings is 1. The van der Waals surface area contributed by atoms with Crippen LogP contribution in [0.2, 0.25) is 0 Å². The zero-order chi connectivity index (χ0) is 12.1. The largest absolute Gasteiger partial charge is 0.481 e. The van der Waals surface area contributed by atoms with Gasteiger partial charge >= 0.3 is 0 Å². The molecule has 4 heteroatoms. The number of aromatic nitrogens is 1. The summed E-state index contributed by atoms with van der Waals surface area (Å²) < 4.78 is 5.10. The number of hydrogen-bond donors (Lipinski definition) is 1. The van der Waals surface area contributed by atoms with Gasteiger partial charge in [-0.2, -0.15) is 0 Å². The van der Waals surface area contributed by atoms with E-state index < -0.39 is 0 Å². The van der Waals surface area contributed by atoms with Gasteiger partial charge in [0.15, 0.2) is 7.28 Å². The highest BCUT2D eigenvalue weighted by atomic mass is 16.5. The first-order valence-electron chi connectivity index (χ1n) is 5.63. The molecule has 86 valence electrons. The average molecular weight is 226 g/mol. The summed E-state index contributed by atoms with van der Waals surface area (Å²) in [7, 11) is 2.55. The summed E-state index contributed by atoms with van der Waals surface area (Å²) in [6, 6.07) is 13.9. The van der Waals surface area contributed by atoms with E-state index in [1.54, 1.807) is 13.2 Å². The molecule has 2 rings (SSSR count). The third kappa shape index (κ3) is 3.00. The van der Waals surface area contributed by atoms with E-state index >= 15 is 0 Å². The first kappa shape index (κ1) is 11.5. The van der Waals surface area contributed by atoms with Gasteiger partial charge in [-0.05, 0) is 12.4 Å². The molecule has 0 saturated carbocycles. The molecule has 0 aliphatic rings. The predicted octanol–water partition coefficient (Wildman–Crippen LogP) is 0.934. The van der Waals surface area contributed by atoms with Gasteiger partial charge in [0.2, 0.25) is 5.88 Å². The number of nitrogens with two attached hydrogens (primary N) is 1. The van der Waals surface area contributed by atoms with Gasteiger partial charge in [-0.3, -0.25) is 0 Å². The molecule has 0 amide bonds.